The highest BCUT2D eigenvalue weighted by Gasteiger charge is 2.51. The zero-order chi connectivity index (χ0) is 42.3. The SMILES string of the molecule is CC1=CCCC(C)=C1N1C2=C(C=C3C(c4ccccc4)=C4C=CC=CC4C(C4C=CC=CC4)C3C2)B2c3c(cc(C#N)cc31)-c1cccc3c4c(cc2c13)-c1ccccc1C4(C)C. The first-order valence-electron chi connectivity index (χ1n) is 23.2. The van der Waals surface area contributed by atoms with Crippen LogP contribution < -0.4 is 15.8 Å². The Kier molecular flexibility index (Phi) is 7.89. The van der Waals surface area contributed by atoms with Crippen LogP contribution in [0.25, 0.3) is 38.6 Å². The molecule has 0 saturated carbocycles. The summed E-state index contributed by atoms with van der Waals surface area (Å²) in [6.07, 6.45) is 28.1. The van der Waals surface area contributed by atoms with Crippen molar-refractivity contribution < 1.29 is 0 Å². The zero-order valence-corrected chi connectivity index (χ0v) is 36.5. The van der Waals surface area contributed by atoms with E-state index in [1.54, 1.807) is 0 Å². The number of nitrogens with zero attached hydrogens (tertiary/aromatic N) is 2. The lowest BCUT2D eigenvalue weighted by molar-refractivity contribution is 0.239. The van der Waals surface area contributed by atoms with Gasteiger partial charge in [0, 0.05) is 28.4 Å². The van der Waals surface area contributed by atoms with Gasteiger partial charge in [0.2, 0.25) is 6.71 Å². The van der Waals surface area contributed by atoms with Gasteiger partial charge in [-0.15, -0.1) is 0 Å². The van der Waals surface area contributed by atoms with Crippen molar-refractivity contribution in [1.29, 1.82) is 5.26 Å². The van der Waals surface area contributed by atoms with Crippen molar-refractivity contribution in [2.75, 3.05) is 4.90 Å². The Hall–Kier alpha value is -6.63. The summed E-state index contributed by atoms with van der Waals surface area (Å²) in [5.74, 6) is 1.38. The van der Waals surface area contributed by atoms with E-state index in [1.165, 1.54) is 111 Å². The zero-order valence-electron chi connectivity index (χ0n) is 36.5. The molecule has 8 aliphatic rings. The van der Waals surface area contributed by atoms with Gasteiger partial charge in [-0.25, -0.2) is 0 Å². The summed E-state index contributed by atoms with van der Waals surface area (Å²) < 4.78 is 0. The summed E-state index contributed by atoms with van der Waals surface area (Å²) in [4.78, 5) is 2.68. The maximum atomic E-state index is 10.9. The largest absolute Gasteiger partial charge is 0.315 e. The smallest absolute Gasteiger partial charge is 0.247 e. The molecular formula is C60H49BN2. The number of rotatable bonds is 3. The fourth-order valence-corrected chi connectivity index (χ4v) is 13.8. The third-order valence-electron chi connectivity index (χ3n) is 16.2. The van der Waals surface area contributed by atoms with E-state index in [2.05, 4.69) is 190 Å². The summed E-state index contributed by atoms with van der Waals surface area (Å²) in [5.41, 5.74) is 25.1. The predicted octanol–water partition coefficient (Wildman–Crippen LogP) is 13.1. The van der Waals surface area contributed by atoms with Crippen LogP contribution >= 0.6 is 0 Å². The molecule has 5 aromatic rings. The molecule has 0 amide bonds. The van der Waals surface area contributed by atoms with Gasteiger partial charge >= 0.3 is 0 Å². The van der Waals surface area contributed by atoms with Crippen LogP contribution in [0.1, 0.15) is 75.6 Å². The fraction of sp³-hybridized carbons (Fsp3) is 0.217. The predicted molar refractivity (Wildman–Crippen MR) is 263 cm³/mol. The summed E-state index contributed by atoms with van der Waals surface area (Å²) in [5, 5.41) is 13.6. The van der Waals surface area contributed by atoms with Crippen LogP contribution in [0.2, 0.25) is 0 Å². The number of fused-ring (bicyclic) bond motifs is 9. The van der Waals surface area contributed by atoms with Crippen molar-refractivity contribution in [2.24, 2.45) is 23.7 Å². The minimum Gasteiger partial charge on any atom is -0.315 e. The summed E-state index contributed by atoms with van der Waals surface area (Å²) in [6, 6.07) is 37.1. The van der Waals surface area contributed by atoms with E-state index < -0.39 is 0 Å². The first-order valence-corrected chi connectivity index (χ1v) is 23.2. The number of benzene rings is 5. The Balaban J connectivity index is 1.17. The molecule has 0 saturated heterocycles. The topological polar surface area (TPSA) is 27.0 Å². The molecule has 4 unspecified atom stereocenters. The van der Waals surface area contributed by atoms with Gasteiger partial charge < -0.3 is 4.90 Å². The Labute approximate surface area is 372 Å². The minimum atomic E-state index is -0.152. The molecule has 0 spiro atoms. The van der Waals surface area contributed by atoms with Crippen LogP contribution in [0.4, 0.5) is 5.69 Å². The molecule has 302 valence electrons. The van der Waals surface area contributed by atoms with Crippen LogP contribution in [-0.2, 0) is 5.41 Å². The highest BCUT2D eigenvalue weighted by atomic mass is 15.2. The molecule has 0 fully saturated rings. The van der Waals surface area contributed by atoms with Crippen molar-refractivity contribution in [3.05, 3.63) is 213 Å². The molecule has 0 aromatic heterocycles. The Morgan fingerprint density at radius 2 is 1.65 bits per heavy atom. The van der Waals surface area contributed by atoms with Crippen molar-refractivity contribution in [2.45, 2.75) is 58.8 Å². The molecule has 2 nitrogen and oxygen atoms in total. The molecule has 4 atom stereocenters. The second-order valence-corrected chi connectivity index (χ2v) is 19.7. The molecule has 13 rings (SSSR count). The summed E-state index contributed by atoms with van der Waals surface area (Å²) >= 11 is 0. The third-order valence-corrected chi connectivity index (χ3v) is 16.2. The fourth-order valence-electron chi connectivity index (χ4n) is 13.8. The molecule has 3 heteroatoms. The van der Waals surface area contributed by atoms with Gasteiger partial charge in [-0.1, -0.05) is 159 Å². The van der Waals surface area contributed by atoms with Gasteiger partial charge in [0.1, 0.15) is 0 Å². The first kappa shape index (κ1) is 37.0. The van der Waals surface area contributed by atoms with Gasteiger partial charge in [0.15, 0.2) is 0 Å². The number of nitriles is 1. The summed E-state index contributed by atoms with van der Waals surface area (Å²) in [7, 11) is 0. The highest BCUT2D eigenvalue weighted by Crippen LogP contribution is 2.59. The quantitative estimate of drug-likeness (QED) is 0.170. The number of hydrogen-bond donors (Lipinski definition) is 0. The lowest BCUT2D eigenvalue weighted by Gasteiger charge is -2.51. The second-order valence-electron chi connectivity index (χ2n) is 19.7. The van der Waals surface area contributed by atoms with Crippen molar-refractivity contribution in [3.63, 3.8) is 0 Å². The molecule has 6 aliphatic carbocycles. The Morgan fingerprint density at radius 1 is 0.825 bits per heavy atom. The Bertz CT molecular complexity index is 3260. The van der Waals surface area contributed by atoms with Gasteiger partial charge in [-0.2, -0.15) is 5.26 Å². The maximum Gasteiger partial charge on any atom is 0.247 e. The average Bonchev–Trinajstić information content (AvgIpc) is 3.55. The van der Waals surface area contributed by atoms with Gasteiger partial charge in [-0.3, -0.25) is 0 Å². The van der Waals surface area contributed by atoms with E-state index in [4.69, 9.17) is 0 Å². The third kappa shape index (κ3) is 5.01. The van der Waals surface area contributed by atoms with Crippen LogP contribution in [0.5, 0.6) is 0 Å². The van der Waals surface area contributed by atoms with E-state index in [0.29, 0.717) is 17.8 Å². The molecule has 2 aliphatic heterocycles. The number of hydrogen-bond acceptors (Lipinski definition) is 2. The average molecular weight is 809 g/mol. The molecule has 2 heterocycles. The summed E-state index contributed by atoms with van der Waals surface area (Å²) in [6.45, 7) is 9.48. The number of allylic oxidation sites excluding steroid dienone is 17. The van der Waals surface area contributed by atoms with Gasteiger partial charge in [0.25, 0.3) is 0 Å². The normalized spacial score (nSPS) is 24.0. The van der Waals surface area contributed by atoms with E-state index >= 15 is 0 Å². The molecule has 63 heavy (non-hydrogen) atoms. The first-order chi connectivity index (χ1) is 30.8. The molecular weight excluding hydrogens is 759 g/mol. The van der Waals surface area contributed by atoms with Gasteiger partial charge in [-0.05, 0) is 158 Å². The molecule has 0 bridgehead atoms. The van der Waals surface area contributed by atoms with E-state index in [0.717, 1.165) is 31.2 Å². The van der Waals surface area contributed by atoms with Crippen LogP contribution in [-0.4, -0.2) is 6.71 Å². The lowest BCUT2D eigenvalue weighted by atomic mass is 9.30. The standard InChI is InChI=1S/C60H49BN2/c1-35-17-15-18-36(2)59(35)63-52-33-46-45(54(38-19-7-5-8-20-38)41-24-11-12-25-42(41)55(46)39-21-9-6-10-22-39)31-50(52)61-51-32-47-40-23-13-14-28-49(40)60(3,4)57(47)44-27-16-26-43(56(44)51)48-29-37(34-62)30-53(63)58(48)61/h5-14,16-17,19-21,23-32,39,42,46,55H,15,18,22,33H2,1-4H3. The van der Waals surface area contributed by atoms with Crippen LogP contribution in [0, 0.1) is 35.0 Å². The molecule has 0 N–H and O–H groups in total. The number of anilines is 1. The van der Waals surface area contributed by atoms with E-state index in [-0.39, 0.29) is 18.0 Å². The molecule has 0 radical (unpaired) electrons. The second kappa shape index (κ2) is 13.4. The van der Waals surface area contributed by atoms with E-state index in [1.807, 2.05) is 0 Å². The van der Waals surface area contributed by atoms with Crippen molar-refractivity contribution in [1.82, 2.24) is 0 Å². The van der Waals surface area contributed by atoms with Crippen LogP contribution in [0.3, 0.4) is 0 Å². The van der Waals surface area contributed by atoms with Crippen LogP contribution in [0.15, 0.2) is 191 Å². The van der Waals surface area contributed by atoms with E-state index in [9.17, 15) is 5.26 Å². The minimum absolute atomic E-state index is 0.00713. The maximum absolute atomic E-state index is 10.9. The highest BCUT2D eigenvalue weighted by molar-refractivity contribution is 6.96. The van der Waals surface area contributed by atoms with Crippen molar-refractivity contribution in [3.8, 4) is 28.3 Å². The lowest BCUT2D eigenvalue weighted by Crippen LogP contribution is -2.55. The molecule has 5 aromatic carbocycles. The monoisotopic (exact) mass is 808 g/mol. The van der Waals surface area contributed by atoms with Crippen molar-refractivity contribution >= 4 is 39.7 Å². The van der Waals surface area contributed by atoms with Gasteiger partial charge in [0.05, 0.1) is 11.6 Å². The Morgan fingerprint density at radius 3 is 2.48 bits per heavy atom.